The molecule has 4 aromatic rings. The van der Waals surface area contributed by atoms with Crippen molar-refractivity contribution >= 4 is 59.7 Å². The Morgan fingerprint density at radius 3 is 2.74 bits per heavy atom. The van der Waals surface area contributed by atoms with E-state index in [4.69, 9.17) is 4.42 Å². The van der Waals surface area contributed by atoms with E-state index in [1.54, 1.807) is 36.4 Å². The fourth-order valence-electron chi connectivity index (χ4n) is 3.24. The lowest BCUT2D eigenvalue weighted by molar-refractivity contribution is 0.103. The lowest BCUT2D eigenvalue weighted by atomic mass is 10.1. The molecule has 1 amide bonds. The van der Waals surface area contributed by atoms with Gasteiger partial charge in [-0.1, -0.05) is 23.5 Å². The molecule has 134 valence electrons. The average Bonchev–Trinajstić information content (AvgIpc) is 3.15. The molecule has 0 spiro atoms. The highest BCUT2D eigenvalue weighted by Crippen LogP contribution is 2.37. The Labute approximate surface area is 156 Å². The molecular weight excluding hydrogens is 388 g/mol. The minimum atomic E-state index is -3.92. The number of nitrogens with one attached hydrogen (secondary N) is 2. The van der Waals surface area contributed by atoms with E-state index in [0.29, 0.717) is 38.0 Å². The summed E-state index contributed by atoms with van der Waals surface area (Å²) in [4.78, 5) is 23.0. The van der Waals surface area contributed by atoms with Gasteiger partial charge < -0.3 is 9.73 Å². The van der Waals surface area contributed by atoms with E-state index in [1.165, 1.54) is 12.1 Å². The maximum absolute atomic E-state index is 13.0. The van der Waals surface area contributed by atoms with Crippen molar-refractivity contribution in [3.63, 3.8) is 0 Å². The van der Waals surface area contributed by atoms with Crippen LogP contribution < -0.4 is 15.0 Å². The molecule has 5 rings (SSSR count). The van der Waals surface area contributed by atoms with Crippen molar-refractivity contribution in [2.75, 3.05) is 10.0 Å². The summed E-state index contributed by atoms with van der Waals surface area (Å²) in [6.45, 7) is 0. The summed E-state index contributed by atoms with van der Waals surface area (Å²) < 4.78 is 34.0. The Bertz CT molecular complexity index is 1430. The van der Waals surface area contributed by atoms with E-state index in [-0.39, 0.29) is 10.8 Å². The van der Waals surface area contributed by atoms with E-state index < -0.39 is 15.0 Å². The molecule has 0 bridgehead atoms. The van der Waals surface area contributed by atoms with E-state index in [9.17, 15) is 18.0 Å². The zero-order chi connectivity index (χ0) is 18.8. The van der Waals surface area contributed by atoms with Crippen LogP contribution in [0, 0.1) is 0 Å². The minimum absolute atomic E-state index is 0.0695. The van der Waals surface area contributed by atoms with E-state index in [1.807, 2.05) is 0 Å². The van der Waals surface area contributed by atoms with Crippen LogP contribution in [-0.4, -0.2) is 14.3 Å². The van der Waals surface area contributed by atoms with Gasteiger partial charge in [-0.15, -0.1) is 0 Å². The summed E-state index contributed by atoms with van der Waals surface area (Å²) in [7, 11) is -3.92. The van der Waals surface area contributed by atoms with Crippen LogP contribution >= 0.6 is 11.3 Å². The van der Waals surface area contributed by atoms with Crippen molar-refractivity contribution in [2.24, 2.45) is 0 Å². The Balaban J connectivity index is 1.64. The van der Waals surface area contributed by atoms with Gasteiger partial charge in [-0.3, -0.25) is 9.52 Å². The summed E-state index contributed by atoms with van der Waals surface area (Å²) in [5.41, 5.74) is 1.76. The van der Waals surface area contributed by atoms with Crippen molar-refractivity contribution in [1.29, 1.82) is 0 Å². The van der Waals surface area contributed by atoms with Crippen molar-refractivity contribution in [2.45, 2.75) is 4.90 Å². The lowest BCUT2D eigenvalue weighted by Gasteiger charge is -2.11. The van der Waals surface area contributed by atoms with Crippen LogP contribution in [0.3, 0.4) is 0 Å². The third-order valence-electron chi connectivity index (χ3n) is 4.37. The number of benzene rings is 3. The van der Waals surface area contributed by atoms with Crippen LogP contribution in [0.25, 0.3) is 21.1 Å². The Hall–Kier alpha value is -3.17. The average molecular weight is 398 g/mol. The topological polar surface area (TPSA) is 105 Å². The molecule has 2 N–H and O–H groups in total. The van der Waals surface area contributed by atoms with Crippen LogP contribution in [0.4, 0.5) is 11.4 Å². The summed E-state index contributed by atoms with van der Waals surface area (Å²) >= 11 is 0.900. The first-order valence-electron chi connectivity index (χ1n) is 7.86. The lowest BCUT2D eigenvalue weighted by Crippen LogP contribution is -2.13. The fourth-order valence-corrected chi connectivity index (χ4v) is 5.20. The first kappa shape index (κ1) is 16.0. The maximum atomic E-state index is 13.0. The molecule has 0 fully saturated rings. The second kappa shape index (κ2) is 5.41. The van der Waals surface area contributed by atoms with E-state index in [2.05, 4.69) is 10.0 Å². The molecular formula is C18H10N2O5S2. The number of hydrogen-bond acceptors (Lipinski definition) is 6. The minimum Gasteiger partial charge on any atom is -0.414 e. The summed E-state index contributed by atoms with van der Waals surface area (Å²) in [6.07, 6.45) is 0. The molecule has 7 nitrogen and oxygen atoms in total. The van der Waals surface area contributed by atoms with Gasteiger partial charge in [0.25, 0.3) is 15.9 Å². The Morgan fingerprint density at radius 1 is 1.04 bits per heavy atom. The summed E-state index contributed by atoms with van der Waals surface area (Å²) in [5, 5.41) is 3.78. The smallest absolute Gasteiger partial charge is 0.396 e. The number of fused-ring (bicyclic) bond motifs is 1. The summed E-state index contributed by atoms with van der Waals surface area (Å²) in [5.74, 6) is -0.251. The van der Waals surface area contributed by atoms with Gasteiger partial charge in [-0.2, -0.15) is 0 Å². The van der Waals surface area contributed by atoms with Gasteiger partial charge in [-0.05, 0) is 36.4 Å². The largest absolute Gasteiger partial charge is 0.414 e. The number of amides is 1. The maximum Gasteiger partial charge on any atom is 0.396 e. The molecule has 27 heavy (non-hydrogen) atoms. The zero-order valence-electron chi connectivity index (χ0n) is 13.5. The highest BCUT2D eigenvalue weighted by atomic mass is 32.2. The third kappa shape index (κ3) is 2.43. The Morgan fingerprint density at radius 2 is 1.89 bits per heavy atom. The molecule has 1 aliphatic rings. The van der Waals surface area contributed by atoms with Gasteiger partial charge in [0.2, 0.25) is 0 Å². The van der Waals surface area contributed by atoms with Crippen LogP contribution in [0.15, 0.2) is 62.6 Å². The monoisotopic (exact) mass is 398 g/mol. The second-order valence-corrected chi connectivity index (χ2v) is 8.64. The summed E-state index contributed by atoms with van der Waals surface area (Å²) in [6, 6.07) is 12.6. The molecule has 0 unspecified atom stereocenters. The van der Waals surface area contributed by atoms with Gasteiger partial charge in [-0.25, -0.2) is 13.2 Å². The van der Waals surface area contributed by atoms with Gasteiger partial charge in [0.15, 0.2) is 0 Å². The van der Waals surface area contributed by atoms with Crippen LogP contribution in [0.2, 0.25) is 0 Å². The number of hydrogen-bond donors (Lipinski definition) is 2. The number of rotatable bonds is 3. The van der Waals surface area contributed by atoms with Crippen molar-refractivity contribution in [1.82, 2.24) is 0 Å². The normalized spacial score (nSPS) is 13.3. The first-order chi connectivity index (χ1) is 12.9. The predicted molar refractivity (Wildman–Crippen MR) is 103 cm³/mol. The van der Waals surface area contributed by atoms with Crippen molar-refractivity contribution < 1.29 is 17.6 Å². The van der Waals surface area contributed by atoms with Crippen LogP contribution in [-0.2, 0) is 10.0 Å². The molecule has 0 saturated heterocycles. The number of anilines is 2. The highest BCUT2D eigenvalue weighted by molar-refractivity contribution is 7.93. The van der Waals surface area contributed by atoms with E-state index in [0.717, 1.165) is 11.3 Å². The predicted octanol–water partition coefficient (Wildman–Crippen LogP) is 3.37. The molecule has 0 radical (unpaired) electrons. The third-order valence-corrected chi connectivity index (χ3v) is 6.59. The van der Waals surface area contributed by atoms with Crippen molar-refractivity contribution in [3.05, 3.63) is 63.8 Å². The molecule has 2 heterocycles. The zero-order valence-corrected chi connectivity index (χ0v) is 15.1. The SMILES string of the molecule is O=C1Nc2ccc(S(=O)(=O)Nc3ccc4oc(=O)sc4c3)c3cccc1c23. The molecule has 0 atom stereocenters. The van der Waals surface area contributed by atoms with Gasteiger partial charge >= 0.3 is 4.94 Å². The van der Waals surface area contributed by atoms with Crippen molar-refractivity contribution in [3.8, 4) is 0 Å². The molecule has 3 aromatic carbocycles. The second-order valence-electron chi connectivity index (χ2n) is 6.01. The number of carbonyl (C=O) groups is 1. The fraction of sp³-hybridized carbons (Fsp3) is 0. The molecule has 0 aliphatic carbocycles. The molecule has 1 aliphatic heterocycles. The van der Waals surface area contributed by atoms with Crippen LogP contribution in [0.5, 0.6) is 0 Å². The standard InChI is InChI=1S/C18H10N2O5S2/c21-17-11-3-1-2-10-15(7-5-12(19-17)16(10)11)27(23,24)20-9-4-6-13-14(8-9)26-18(22)25-13/h1-8,20H,(H,19,21). The van der Waals surface area contributed by atoms with Gasteiger partial charge in [0, 0.05) is 22.0 Å². The van der Waals surface area contributed by atoms with E-state index >= 15 is 0 Å². The highest BCUT2D eigenvalue weighted by Gasteiger charge is 2.26. The quantitative estimate of drug-likeness (QED) is 0.550. The molecule has 0 saturated carbocycles. The van der Waals surface area contributed by atoms with Gasteiger partial charge in [0.05, 0.1) is 15.3 Å². The number of carbonyl (C=O) groups excluding carboxylic acids is 1. The number of sulfonamides is 1. The Kier molecular flexibility index (Phi) is 3.22. The van der Waals surface area contributed by atoms with Gasteiger partial charge in [0.1, 0.15) is 5.58 Å². The molecule has 1 aromatic heterocycles. The molecule has 9 heteroatoms. The van der Waals surface area contributed by atoms with Crippen LogP contribution in [0.1, 0.15) is 10.4 Å². The first-order valence-corrected chi connectivity index (χ1v) is 10.2.